The summed E-state index contributed by atoms with van der Waals surface area (Å²) in [5, 5.41) is 3.59. The highest BCUT2D eigenvalue weighted by Gasteiger charge is 2.02. The van der Waals surface area contributed by atoms with Gasteiger partial charge in [0.15, 0.2) is 0 Å². The predicted molar refractivity (Wildman–Crippen MR) is 68.7 cm³/mol. The Labute approximate surface area is 106 Å². The number of ether oxygens (including phenoxy) is 1. The average Bonchev–Trinajstić information content (AvgIpc) is 2.25. The molecular weight excluding hydrogens is 241 g/mol. The predicted octanol–water partition coefficient (Wildman–Crippen LogP) is 3.16. The zero-order valence-corrected chi connectivity index (χ0v) is 10.6. The first-order valence-corrected chi connectivity index (χ1v) is 5.88. The number of hydrogen-bond donors (Lipinski definition) is 1. The first kappa shape index (κ1) is 14.2. The highest BCUT2D eigenvalue weighted by Crippen LogP contribution is 2.13. The van der Waals surface area contributed by atoms with Crippen molar-refractivity contribution in [3.63, 3.8) is 0 Å². The van der Waals surface area contributed by atoms with Gasteiger partial charge in [0.1, 0.15) is 5.82 Å². The largest absolute Gasteiger partial charge is 0.373 e. The summed E-state index contributed by atoms with van der Waals surface area (Å²) in [5.41, 5.74) is 0.825. The fraction of sp³-hybridized carbons (Fsp3) is 0.385. The third kappa shape index (κ3) is 5.82. The fourth-order valence-corrected chi connectivity index (χ4v) is 1.67. The standard InChI is InChI=1S/C13H17ClFNO/c1-3-4-17-10(2)8-16-9-11-5-12(14)7-13(15)6-11/h3,5-7,10,16H,1,4,8-9H2,2H3. The van der Waals surface area contributed by atoms with Gasteiger partial charge in [0.2, 0.25) is 0 Å². The monoisotopic (exact) mass is 257 g/mol. The molecule has 0 saturated carbocycles. The summed E-state index contributed by atoms with van der Waals surface area (Å²) in [4.78, 5) is 0. The van der Waals surface area contributed by atoms with Gasteiger partial charge in [0.25, 0.3) is 0 Å². The van der Waals surface area contributed by atoms with Crippen molar-refractivity contribution in [1.82, 2.24) is 5.32 Å². The Balaban J connectivity index is 2.32. The van der Waals surface area contributed by atoms with Crippen molar-refractivity contribution in [2.24, 2.45) is 0 Å². The lowest BCUT2D eigenvalue weighted by Gasteiger charge is -2.12. The molecule has 1 aromatic carbocycles. The van der Waals surface area contributed by atoms with E-state index in [-0.39, 0.29) is 11.9 Å². The lowest BCUT2D eigenvalue weighted by molar-refractivity contribution is 0.0877. The number of benzene rings is 1. The van der Waals surface area contributed by atoms with Gasteiger partial charge in [-0.3, -0.25) is 0 Å². The van der Waals surface area contributed by atoms with Gasteiger partial charge in [-0.25, -0.2) is 4.39 Å². The van der Waals surface area contributed by atoms with Crippen molar-refractivity contribution in [2.75, 3.05) is 13.2 Å². The van der Waals surface area contributed by atoms with Crippen LogP contribution in [0.4, 0.5) is 4.39 Å². The van der Waals surface area contributed by atoms with E-state index in [2.05, 4.69) is 11.9 Å². The first-order valence-electron chi connectivity index (χ1n) is 5.50. The van der Waals surface area contributed by atoms with Gasteiger partial charge < -0.3 is 10.1 Å². The maximum absolute atomic E-state index is 13.0. The third-order valence-corrected chi connectivity index (χ3v) is 2.40. The molecule has 17 heavy (non-hydrogen) atoms. The van der Waals surface area contributed by atoms with Gasteiger partial charge in [-0.2, -0.15) is 0 Å². The second kappa shape index (κ2) is 7.43. The third-order valence-electron chi connectivity index (χ3n) is 2.18. The minimum atomic E-state index is -0.315. The maximum atomic E-state index is 13.0. The molecule has 1 rings (SSSR count). The van der Waals surface area contributed by atoms with Crippen LogP contribution in [-0.2, 0) is 11.3 Å². The molecule has 1 atom stereocenters. The van der Waals surface area contributed by atoms with Crippen LogP contribution in [0.25, 0.3) is 0 Å². The van der Waals surface area contributed by atoms with Crippen LogP contribution in [-0.4, -0.2) is 19.3 Å². The van der Waals surface area contributed by atoms with E-state index in [1.165, 1.54) is 12.1 Å². The lowest BCUT2D eigenvalue weighted by atomic mass is 10.2. The minimum absolute atomic E-state index is 0.0945. The van der Waals surface area contributed by atoms with Crippen LogP contribution in [0.15, 0.2) is 30.9 Å². The molecule has 0 fully saturated rings. The van der Waals surface area contributed by atoms with Gasteiger partial charge in [-0.05, 0) is 30.7 Å². The summed E-state index contributed by atoms with van der Waals surface area (Å²) in [6, 6.07) is 4.50. The minimum Gasteiger partial charge on any atom is -0.373 e. The Morgan fingerprint density at radius 1 is 1.53 bits per heavy atom. The quantitative estimate of drug-likeness (QED) is 0.758. The highest BCUT2D eigenvalue weighted by molar-refractivity contribution is 6.30. The van der Waals surface area contributed by atoms with Crippen LogP contribution >= 0.6 is 11.6 Å². The molecule has 0 amide bonds. The molecule has 0 radical (unpaired) electrons. The first-order chi connectivity index (χ1) is 8.11. The second-order valence-corrected chi connectivity index (χ2v) is 4.28. The molecule has 0 aliphatic heterocycles. The Hall–Kier alpha value is -0.900. The number of hydrogen-bond acceptors (Lipinski definition) is 2. The Kier molecular flexibility index (Phi) is 6.19. The van der Waals surface area contributed by atoms with Crippen LogP contribution in [0.2, 0.25) is 5.02 Å². The molecule has 0 aliphatic carbocycles. The van der Waals surface area contributed by atoms with E-state index in [0.29, 0.717) is 24.7 Å². The average molecular weight is 258 g/mol. The van der Waals surface area contributed by atoms with E-state index < -0.39 is 0 Å². The van der Waals surface area contributed by atoms with Crippen LogP contribution in [0.1, 0.15) is 12.5 Å². The van der Waals surface area contributed by atoms with Gasteiger partial charge in [0.05, 0.1) is 12.7 Å². The van der Waals surface area contributed by atoms with Crippen molar-refractivity contribution >= 4 is 11.6 Å². The van der Waals surface area contributed by atoms with E-state index >= 15 is 0 Å². The van der Waals surface area contributed by atoms with Gasteiger partial charge >= 0.3 is 0 Å². The van der Waals surface area contributed by atoms with Gasteiger partial charge in [-0.15, -0.1) is 6.58 Å². The normalized spacial score (nSPS) is 12.4. The Morgan fingerprint density at radius 2 is 2.29 bits per heavy atom. The molecule has 1 N–H and O–H groups in total. The molecule has 94 valence electrons. The highest BCUT2D eigenvalue weighted by atomic mass is 35.5. The van der Waals surface area contributed by atoms with E-state index in [1.807, 2.05) is 6.92 Å². The second-order valence-electron chi connectivity index (χ2n) is 3.84. The van der Waals surface area contributed by atoms with E-state index in [0.717, 1.165) is 5.56 Å². The van der Waals surface area contributed by atoms with Crippen molar-refractivity contribution < 1.29 is 9.13 Å². The van der Waals surface area contributed by atoms with Crippen LogP contribution in [0.5, 0.6) is 0 Å². The topological polar surface area (TPSA) is 21.3 Å². The molecule has 4 heteroatoms. The summed E-state index contributed by atoms with van der Waals surface area (Å²) in [6.07, 6.45) is 1.81. The summed E-state index contributed by atoms with van der Waals surface area (Å²) < 4.78 is 18.4. The molecule has 0 saturated heterocycles. The Bertz CT molecular complexity index is 350. The molecule has 0 spiro atoms. The smallest absolute Gasteiger partial charge is 0.125 e. The summed E-state index contributed by atoms with van der Waals surface area (Å²) >= 11 is 5.76. The van der Waals surface area contributed by atoms with Gasteiger partial charge in [-0.1, -0.05) is 17.7 Å². The molecule has 1 unspecified atom stereocenters. The number of halogens is 2. The van der Waals surface area contributed by atoms with E-state index in [1.54, 1.807) is 12.1 Å². The zero-order valence-electron chi connectivity index (χ0n) is 9.88. The lowest BCUT2D eigenvalue weighted by Crippen LogP contribution is -2.26. The Morgan fingerprint density at radius 3 is 2.94 bits per heavy atom. The zero-order chi connectivity index (χ0) is 12.7. The molecule has 0 heterocycles. The molecule has 2 nitrogen and oxygen atoms in total. The van der Waals surface area contributed by atoms with Crippen molar-refractivity contribution in [1.29, 1.82) is 0 Å². The fourth-order valence-electron chi connectivity index (χ4n) is 1.42. The van der Waals surface area contributed by atoms with Crippen molar-refractivity contribution in [3.8, 4) is 0 Å². The summed E-state index contributed by atoms with van der Waals surface area (Å²) in [5.74, 6) is -0.315. The van der Waals surface area contributed by atoms with Crippen molar-refractivity contribution in [2.45, 2.75) is 19.6 Å². The molecule has 0 aromatic heterocycles. The summed E-state index contributed by atoms with van der Waals surface area (Å²) in [6.45, 7) is 7.35. The number of rotatable bonds is 7. The van der Waals surface area contributed by atoms with Crippen molar-refractivity contribution in [3.05, 3.63) is 47.3 Å². The van der Waals surface area contributed by atoms with Crippen LogP contribution in [0, 0.1) is 5.82 Å². The SMILES string of the molecule is C=CCOC(C)CNCc1cc(F)cc(Cl)c1. The molecular formula is C13H17ClFNO. The molecule has 1 aromatic rings. The van der Waals surface area contributed by atoms with Crippen LogP contribution in [0.3, 0.4) is 0 Å². The van der Waals surface area contributed by atoms with E-state index in [9.17, 15) is 4.39 Å². The van der Waals surface area contributed by atoms with Crippen LogP contribution < -0.4 is 5.32 Å². The number of nitrogens with one attached hydrogen (secondary N) is 1. The maximum Gasteiger partial charge on any atom is 0.125 e. The van der Waals surface area contributed by atoms with E-state index in [4.69, 9.17) is 16.3 Å². The summed E-state index contributed by atoms with van der Waals surface area (Å²) in [7, 11) is 0. The molecule has 0 bridgehead atoms. The molecule has 0 aliphatic rings. The van der Waals surface area contributed by atoms with Gasteiger partial charge in [0, 0.05) is 18.1 Å².